The summed E-state index contributed by atoms with van der Waals surface area (Å²) in [6.07, 6.45) is 0. The van der Waals surface area contributed by atoms with E-state index in [9.17, 15) is 8.76 Å². The normalized spacial score (nSPS) is 12.9. The minimum absolute atomic E-state index is 0. The van der Waals surface area contributed by atoms with Crippen LogP contribution in [0.3, 0.4) is 0 Å². The van der Waals surface area contributed by atoms with Crippen LogP contribution in [0.4, 0.5) is 0 Å². The first-order valence-electron chi connectivity index (χ1n) is 6.54. The van der Waals surface area contributed by atoms with Gasteiger partial charge in [-0.2, -0.15) is 0 Å². The molecule has 0 saturated carbocycles. The van der Waals surface area contributed by atoms with Crippen molar-refractivity contribution in [2.75, 3.05) is 0 Å². The second kappa shape index (κ2) is 8.14. The Morgan fingerprint density at radius 1 is 0.895 bits per heavy atom. The Hall–Kier alpha value is 0.590. The standard InChI is InChI=1S/C15H24O2S.Ca.2H/c1-9(2)12-7-13(10(3)4)15(18(16)17)14(8-12)11(5)6;;;/h7-11H,1-6H3,(H,16,17);;;. The molecule has 4 heteroatoms. The van der Waals surface area contributed by atoms with Gasteiger partial charge in [0.25, 0.3) is 0 Å². The van der Waals surface area contributed by atoms with E-state index in [1.807, 2.05) is 0 Å². The zero-order chi connectivity index (χ0) is 14.0. The average molecular weight is 311 g/mol. The molecule has 0 aromatic heterocycles. The van der Waals surface area contributed by atoms with Crippen molar-refractivity contribution in [3.05, 3.63) is 28.8 Å². The monoisotopic (exact) mass is 310 g/mol. The van der Waals surface area contributed by atoms with Crippen molar-refractivity contribution >= 4 is 48.8 Å². The summed E-state index contributed by atoms with van der Waals surface area (Å²) in [6.45, 7) is 12.6. The predicted octanol–water partition coefficient (Wildman–Crippen LogP) is 3.72. The van der Waals surface area contributed by atoms with Crippen LogP contribution in [0.15, 0.2) is 17.0 Å². The van der Waals surface area contributed by atoms with Crippen molar-refractivity contribution in [2.45, 2.75) is 64.2 Å². The molecule has 0 heterocycles. The molecule has 1 atom stereocenters. The molecule has 0 aliphatic heterocycles. The summed E-state index contributed by atoms with van der Waals surface area (Å²) in [4.78, 5) is 0.615. The Morgan fingerprint density at radius 2 is 1.26 bits per heavy atom. The second-order valence-corrected chi connectivity index (χ2v) is 6.65. The fraction of sp³-hybridized carbons (Fsp3) is 0.600. The fourth-order valence-corrected chi connectivity index (χ4v) is 3.08. The van der Waals surface area contributed by atoms with Gasteiger partial charge in [0.1, 0.15) is 0 Å². The minimum atomic E-state index is -1.91. The van der Waals surface area contributed by atoms with E-state index in [1.54, 1.807) is 0 Å². The van der Waals surface area contributed by atoms with E-state index in [1.165, 1.54) is 5.56 Å². The first kappa shape index (κ1) is 19.6. The molecule has 0 saturated heterocycles. The van der Waals surface area contributed by atoms with Crippen molar-refractivity contribution in [1.29, 1.82) is 0 Å². The Labute approximate surface area is 149 Å². The van der Waals surface area contributed by atoms with Crippen molar-refractivity contribution < 1.29 is 8.76 Å². The average Bonchev–Trinajstić information content (AvgIpc) is 2.26. The van der Waals surface area contributed by atoms with Gasteiger partial charge in [-0.05, 0) is 34.4 Å². The van der Waals surface area contributed by atoms with E-state index < -0.39 is 11.1 Å². The molecule has 0 aliphatic carbocycles. The third-order valence-corrected chi connectivity index (χ3v) is 4.07. The maximum absolute atomic E-state index is 11.6. The molecule has 0 bridgehead atoms. The van der Waals surface area contributed by atoms with Crippen LogP contribution in [0.25, 0.3) is 0 Å². The molecule has 2 nitrogen and oxygen atoms in total. The van der Waals surface area contributed by atoms with E-state index in [4.69, 9.17) is 0 Å². The molecular formula is C15H26CaO2S. The third-order valence-electron chi connectivity index (χ3n) is 3.25. The van der Waals surface area contributed by atoms with Crippen LogP contribution in [0.1, 0.15) is 76.0 Å². The molecule has 1 aromatic carbocycles. The molecule has 0 amide bonds. The van der Waals surface area contributed by atoms with Crippen LogP contribution >= 0.6 is 0 Å². The number of hydrogen-bond acceptors (Lipinski definition) is 1. The van der Waals surface area contributed by atoms with Gasteiger partial charge in [0.05, 0.1) is 4.90 Å². The molecule has 1 unspecified atom stereocenters. The summed E-state index contributed by atoms with van der Waals surface area (Å²) < 4.78 is 21.2. The van der Waals surface area contributed by atoms with Crippen molar-refractivity contribution in [3.8, 4) is 0 Å². The Balaban J connectivity index is 0.00000324. The van der Waals surface area contributed by atoms with E-state index in [0.29, 0.717) is 10.8 Å². The van der Waals surface area contributed by atoms with Crippen molar-refractivity contribution in [1.82, 2.24) is 0 Å². The van der Waals surface area contributed by atoms with Crippen LogP contribution in [0.5, 0.6) is 0 Å². The number of rotatable bonds is 4. The van der Waals surface area contributed by atoms with Crippen molar-refractivity contribution in [3.63, 3.8) is 0 Å². The van der Waals surface area contributed by atoms with Crippen LogP contribution in [-0.4, -0.2) is 46.5 Å². The van der Waals surface area contributed by atoms with E-state index >= 15 is 0 Å². The molecule has 1 rings (SSSR count). The molecule has 0 fully saturated rings. The molecule has 0 aliphatic rings. The summed E-state index contributed by atoms with van der Waals surface area (Å²) in [5.41, 5.74) is 3.26. The Kier molecular flexibility index (Phi) is 8.39. The first-order valence-corrected chi connectivity index (χ1v) is 7.64. The van der Waals surface area contributed by atoms with Gasteiger partial charge in [-0.1, -0.05) is 53.7 Å². The zero-order valence-corrected chi connectivity index (χ0v) is 13.0. The summed E-state index contributed by atoms with van der Waals surface area (Å²) >= 11 is -1.91. The summed E-state index contributed by atoms with van der Waals surface area (Å²) in [5, 5.41) is 0. The van der Waals surface area contributed by atoms with Crippen LogP contribution in [-0.2, 0) is 11.1 Å². The summed E-state index contributed by atoms with van der Waals surface area (Å²) in [6, 6.07) is 4.18. The quantitative estimate of drug-likeness (QED) is 0.680. The molecule has 0 radical (unpaired) electrons. The molecule has 0 spiro atoms. The van der Waals surface area contributed by atoms with Gasteiger partial charge in [0.15, 0.2) is 11.1 Å². The molecular weight excluding hydrogens is 284 g/mol. The molecule has 106 valence electrons. The zero-order valence-electron chi connectivity index (χ0n) is 12.2. The van der Waals surface area contributed by atoms with Gasteiger partial charge in [-0.25, -0.2) is 4.21 Å². The summed E-state index contributed by atoms with van der Waals surface area (Å²) in [7, 11) is 0. The number of hydrogen-bond donors (Lipinski definition) is 1. The predicted molar refractivity (Wildman–Crippen MR) is 86.3 cm³/mol. The molecule has 1 aromatic rings. The van der Waals surface area contributed by atoms with E-state index in [2.05, 4.69) is 53.7 Å². The van der Waals surface area contributed by atoms with Gasteiger partial charge in [0, 0.05) is 0 Å². The van der Waals surface area contributed by atoms with E-state index in [0.717, 1.165) is 11.1 Å². The second-order valence-electron chi connectivity index (χ2n) is 5.74. The van der Waals surface area contributed by atoms with Crippen LogP contribution in [0.2, 0.25) is 0 Å². The van der Waals surface area contributed by atoms with Gasteiger partial charge in [0.2, 0.25) is 0 Å². The van der Waals surface area contributed by atoms with Crippen LogP contribution in [0, 0.1) is 0 Å². The molecule has 19 heavy (non-hydrogen) atoms. The van der Waals surface area contributed by atoms with Crippen LogP contribution < -0.4 is 0 Å². The maximum atomic E-state index is 11.6. The van der Waals surface area contributed by atoms with Gasteiger partial charge >= 0.3 is 37.7 Å². The van der Waals surface area contributed by atoms with Gasteiger partial charge < -0.3 is 4.55 Å². The molecule has 1 N–H and O–H groups in total. The van der Waals surface area contributed by atoms with Gasteiger partial charge in [-0.3, -0.25) is 0 Å². The first-order chi connectivity index (χ1) is 8.25. The topological polar surface area (TPSA) is 37.3 Å². The Bertz CT molecular complexity index is 424. The fourth-order valence-electron chi connectivity index (χ4n) is 2.09. The third kappa shape index (κ3) is 4.82. The summed E-state index contributed by atoms with van der Waals surface area (Å²) in [5.74, 6) is 0.945. The van der Waals surface area contributed by atoms with Crippen molar-refractivity contribution in [2.24, 2.45) is 0 Å². The number of benzene rings is 1. The Morgan fingerprint density at radius 3 is 1.47 bits per heavy atom. The SMILES string of the molecule is CC(C)c1cc(C(C)C)c(S(=O)O)c(C(C)C)c1.[CaH2]. The van der Waals surface area contributed by atoms with Gasteiger partial charge in [-0.15, -0.1) is 0 Å². The van der Waals surface area contributed by atoms with E-state index in [-0.39, 0.29) is 49.6 Å².